The second-order valence-electron chi connectivity index (χ2n) is 4.30. The van der Waals surface area contributed by atoms with Crippen LogP contribution in [-0.2, 0) is 14.3 Å². The van der Waals surface area contributed by atoms with Crippen LogP contribution in [0.4, 0.5) is 0 Å². The van der Waals surface area contributed by atoms with Gasteiger partial charge in [0.2, 0.25) is 6.41 Å². The lowest BCUT2D eigenvalue weighted by molar-refractivity contribution is -0.149. The van der Waals surface area contributed by atoms with Crippen molar-refractivity contribution in [2.45, 2.75) is 32.9 Å². The molecule has 0 aliphatic carbocycles. The van der Waals surface area contributed by atoms with E-state index in [1.807, 2.05) is 19.9 Å². The van der Waals surface area contributed by atoms with Crippen molar-refractivity contribution in [3.63, 3.8) is 0 Å². The molecular weight excluding hydrogens is 246 g/mol. The van der Waals surface area contributed by atoms with Crippen LogP contribution >= 0.6 is 0 Å². The summed E-state index contributed by atoms with van der Waals surface area (Å²) in [6.07, 6.45) is -0.755. The molecule has 0 radical (unpaired) electrons. The molecule has 1 rings (SSSR count). The van der Waals surface area contributed by atoms with Crippen molar-refractivity contribution in [1.82, 2.24) is 5.32 Å². The number of aliphatic hydroxyl groups is 1. The van der Waals surface area contributed by atoms with Crippen molar-refractivity contribution in [1.29, 1.82) is 0 Å². The molecule has 1 aromatic rings. The summed E-state index contributed by atoms with van der Waals surface area (Å²) in [7, 11) is 0. The predicted octanol–water partition coefficient (Wildman–Crippen LogP) is 1.01. The number of amides is 1. The highest BCUT2D eigenvalue weighted by Crippen LogP contribution is 2.20. The van der Waals surface area contributed by atoms with Gasteiger partial charge in [-0.3, -0.25) is 4.79 Å². The molecule has 0 saturated carbocycles. The molecule has 1 aromatic carbocycles. The summed E-state index contributed by atoms with van der Waals surface area (Å²) in [5, 5.41) is 12.5. The number of esters is 1. The Hall–Kier alpha value is -1.88. The zero-order valence-corrected chi connectivity index (χ0v) is 11.3. The fourth-order valence-electron chi connectivity index (χ4n) is 1.73. The first-order valence-electron chi connectivity index (χ1n) is 6.12. The van der Waals surface area contributed by atoms with E-state index in [1.54, 1.807) is 19.1 Å². The smallest absolute Gasteiger partial charge is 0.331 e. The first-order chi connectivity index (χ1) is 9.01. The van der Waals surface area contributed by atoms with Crippen LogP contribution in [0, 0.1) is 13.8 Å². The first-order valence-corrected chi connectivity index (χ1v) is 6.12. The molecule has 0 spiro atoms. The number of nitrogens with one attached hydrogen (secondary N) is 1. The molecule has 19 heavy (non-hydrogen) atoms. The van der Waals surface area contributed by atoms with Gasteiger partial charge in [0.05, 0.1) is 6.61 Å². The Kier molecular flexibility index (Phi) is 5.51. The van der Waals surface area contributed by atoms with Gasteiger partial charge in [0.15, 0.2) is 6.04 Å². The van der Waals surface area contributed by atoms with Gasteiger partial charge in [-0.1, -0.05) is 18.2 Å². The van der Waals surface area contributed by atoms with Crippen LogP contribution in [0.3, 0.4) is 0 Å². The fourth-order valence-corrected chi connectivity index (χ4v) is 1.73. The standard InChI is InChI=1S/C14H19NO4/c1-4-19-14(18)12(15-8-16)13(17)11-6-5-9(2)10(3)7-11/h5-8,12-13,17H,4H2,1-3H3,(H,15,16). The number of rotatable bonds is 6. The van der Waals surface area contributed by atoms with Crippen LogP contribution in [0.15, 0.2) is 18.2 Å². The highest BCUT2D eigenvalue weighted by atomic mass is 16.5. The van der Waals surface area contributed by atoms with Crippen LogP contribution in [0.25, 0.3) is 0 Å². The number of benzene rings is 1. The second-order valence-corrected chi connectivity index (χ2v) is 4.30. The van der Waals surface area contributed by atoms with Gasteiger partial charge in [-0.15, -0.1) is 0 Å². The lowest BCUT2D eigenvalue weighted by atomic mass is 9.98. The number of carbonyl (C=O) groups is 2. The third-order valence-corrected chi connectivity index (χ3v) is 2.98. The Bertz CT molecular complexity index is 459. The Morgan fingerprint density at radius 3 is 2.63 bits per heavy atom. The Morgan fingerprint density at radius 2 is 2.11 bits per heavy atom. The van der Waals surface area contributed by atoms with Gasteiger partial charge in [-0.25, -0.2) is 4.79 Å². The van der Waals surface area contributed by atoms with Gasteiger partial charge in [0.1, 0.15) is 6.10 Å². The normalized spacial score (nSPS) is 13.5. The average Bonchev–Trinajstić information content (AvgIpc) is 2.38. The summed E-state index contributed by atoms with van der Waals surface area (Å²) in [5.74, 6) is -0.652. The SMILES string of the molecule is CCOC(=O)C(NC=O)C(O)c1ccc(C)c(C)c1. The van der Waals surface area contributed by atoms with Crippen molar-refractivity contribution in [3.8, 4) is 0 Å². The maximum atomic E-state index is 11.7. The number of ether oxygens (including phenoxy) is 1. The van der Waals surface area contributed by atoms with E-state index in [2.05, 4.69) is 5.32 Å². The molecule has 1 amide bonds. The predicted molar refractivity (Wildman–Crippen MR) is 70.5 cm³/mol. The quantitative estimate of drug-likeness (QED) is 0.594. The Labute approximate surface area is 112 Å². The largest absolute Gasteiger partial charge is 0.464 e. The molecule has 104 valence electrons. The van der Waals surface area contributed by atoms with E-state index < -0.39 is 18.1 Å². The number of hydrogen-bond acceptors (Lipinski definition) is 4. The minimum absolute atomic E-state index is 0.190. The highest BCUT2D eigenvalue weighted by Gasteiger charge is 2.29. The van der Waals surface area contributed by atoms with Gasteiger partial charge in [0, 0.05) is 0 Å². The number of aliphatic hydroxyl groups excluding tert-OH is 1. The van der Waals surface area contributed by atoms with Gasteiger partial charge in [-0.2, -0.15) is 0 Å². The minimum atomic E-state index is -1.14. The average molecular weight is 265 g/mol. The zero-order chi connectivity index (χ0) is 14.4. The zero-order valence-electron chi connectivity index (χ0n) is 11.3. The second kappa shape index (κ2) is 6.89. The van der Waals surface area contributed by atoms with Crippen LogP contribution in [0.1, 0.15) is 29.7 Å². The van der Waals surface area contributed by atoms with Crippen LogP contribution in [0.5, 0.6) is 0 Å². The summed E-state index contributed by atoms with van der Waals surface area (Å²) in [4.78, 5) is 22.2. The van der Waals surface area contributed by atoms with Crippen LogP contribution < -0.4 is 5.32 Å². The molecule has 5 nitrogen and oxygen atoms in total. The number of aryl methyl sites for hydroxylation is 2. The van der Waals surface area contributed by atoms with E-state index in [-0.39, 0.29) is 6.61 Å². The summed E-state index contributed by atoms with van der Waals surface area (Å²) < 4.78 is 4.83. The third kappa shape index (κ3) is 3.79. The van der Waals surface area contributed by atoms with E-state index in [0.29, 0.717) is 12.0 Å². The lowest BCUT2D eigenvalue weighted by Crippen LogP contribution is -2.42. The molecule has 0 heterocycles. The van der Waals surface area contributed by atoms with Crippen molar-refractivity contribution in [2.24, 2.45) is 0 Å². The first kappa shape index (κ1) is 15.2. The number of hydrogen-bond donors (Lipinski definition) is 2. The molecule has 2 N–H and O–H groups in total. The van der Waals surface area contributed by atoms with E-state index in [9.17, 15) is 14.7 Å². The summed E-state index contributed by atoms with van der Waals surface area (Å²) in [5.41, 5.74) is 2.66. The molecule has 0 aliphatic heterocycles. The van der Waals surface area contributed by atoms with E-state index in [4.69, 9.17) is 4.74 Å². The third-order valence-electron chi connectivity index (χ3n) is 2.98. The van der Waals surface area contributed by atoms with Gasteiger partial charge in [0.25, 0.3) is 0 Å². The molecule has 2 unspecified atom stereocenters. The monoisotopic (exact) mass is 265 g/mol. The summed E-state index contributed by atoms with van der Waals surface area (Å²) in [6, 6.07) is 4.28. The Balaban J connectivity index is 2.97. The van der Waals surface area contributed by atoms with Gasteiger partial charge in [-0.05, 0) is 37.5 Å². The molecule has 0 aromatic heterocycles. The molecular formula is C14H19NO4. The fraction of sp³-hybridized carbons (Fsp3) is 0.429. The maximum absolute atomic E-state index is 11.7. The minimum Gasteiger partial charge on any atom is -0.464 e. The van der Waals surface area contributed by atoms with Crippen molar-refractivity contribution in [3.05, 3.63) is 34.9 Å². The molecule has 0 aliphatic rings. The molecule has 5 heteroatoms. The van der Waals surface area contributed by atoms with Crippen molar-refractivity contribution in [2.75, 3.05) is 6.61 Å². The van der Waals surface area contributed by atoms with Crippen molar-refractivity contribution >= 4 is 12.4 Å². The summed E-state index contributed by atoms with van der Waals surface area (Å²) >= 11 is 0. The van der Waals surface area contributed by atoms with E-state index >= 15 is 0 Å². The Morgan fingerprint density at radius 1 is 1.42 bits per heavy atom. The van der Waals surface area contributed by atoms with Gasteiger partial charge < -0.3 is 15.2 Å². The van der Waals surface area contributed by atoms with Crippen LogP contribution in [-0.4, -0.2) is 30.1 Å². The molecule has 0 bridgehead atoms. The van der Waals surface area contributed by atoms with E-state index in [0.717, 1.165) is 11.1 Å². The van der Waals surface area contributed by atoms with Crippen LogP contribution in [0.2, 0.25) is 0 Å². The topological polar surface area (TPSA) is 75.6 Å². The van der Waals surface area contributed by atoms with Gasteiger partial charge >= 0.3 is 5.97 Å². The van der Waals surface area contributed by atoms with Crippen molar-refractivity contribution < 1.29 is 19.4 Å². The molecule has 0 saturated heterocycles. The maximum Gasteiger partial charge on any atom is 0.331 e. The lowest BCUT2D eigenvalue weighted by Gasteiger charge is -2.21. The highest BCUT2D eigenvalue weighted by molar-refractivity contribution is 5.79. The number of carbonyl (C=O) groups excluding carboxylic acids is 2. The molecule has 0 fully saturated rings. The summed E-state index contributed by atoms with van der Waals surface area (Å²) in [6.45, 7) is 5.73. The van der Waals surface area contributed by atoms with E-state index in [1.165, 1.54) is 0 Å². The molecule has 2 atom stereocenters.